The number of unbranched alkanes of at least 4 members (excludes halogenated alkanes) is 9. The maximum atomic E-state index is 10.3. The van der Waals surface area contributed by atoms with Gasteiger partial charge in [-0.05, 0) is 19.8 Å². The third-order valence-corrected chi connectivity index (χ3v) is 3.12. The van der Waals surface area contributed by atoms with E-state index in [1.54, 1.807) is 0 Å². The van der Waals surface area contributed by atoms with Crippen LogP contribution in [0.5, 0.6) is 0 Å². The number of carboxylic acids is 1. The summed E-state index contributed by atoms with van der Waals surface area (Å²) in [6, 6.07) is 0. The maximum Gasteiger partial charge on any atom is 0.303 e. The molecule has 0 heterocycles. The predicted molar refractivity (Wildman–Crippen MR) is 84.3 cm³/mol. The largest absolute Gasteiger partial charge is 0.481 e. The molecule has 0 atom stereocenters. The van der Waals surface area contributed by atoms with Crippen LogP contribution < -0.4 is 0 Å². The highest BCUT2D eigenvalue weighted by Crippen LogP contribution is 2.10. The van der Waals surface area contributed by atoms with Crippen molar-refractivity contribution in [3.63, 3.8) is 0 Å². The molecule has 1 N–H and O–H groups in total. The molecule has 0 aliphatic rings. The van der Waals surface area contributed by atoms with Gasteiger partial charge in [0.25, 0.3) is 0 Å². The number of carboxylic acid groups (broad SMARTS) is 1. The number of carbonyl (C=O) groups is 1. The number of rotatable bonds is 11. The Bertz CT molecular complexity index is 349. The molecular weight excluding hydrogens is 248 g/mol. The summed E-state index contributed by atoms with van der Waals surface area (Å²) in [5.74, 6) is 11.6. The number of hydrogen-bond acceptors (Lipinski definition) is 1. The zero-order valence-corrected chi connectivity index (χ0v) is 12.8. The first-order valence-corrected chi connectivity index (χ1v) is 7.84. The zero-order valence-electron chi connectivity index (χ0n) is 12.8. The molecule has 112 valence electrons. The summed E-state index contributed by atoms with van der Waals surface area (Å²) in [4.78, 5) is 10.3. The van der Waals surface area contributed by atoms with Gasteiger partial charge >= 0.3 is 5.97 Å². The van der Waals surface area contributed by atoms with E-state index in [1.165, 1.54) is 38.5 Å². The molecule has 2 nitrogen and oxygen atoms in total. The van der Waals surface area contributed by atoms with Gasteiger partial charge in [-0.3, -0.25) is 4.79 Å². The summed E-state index contributed by atoms with van der Waals surface area (Å²) in [6.07, 6.45) is 12.4. The average molecular weight is 276 g/mol. The molecule has 0 unspecified atom stereocenters. The SMILES string of the molecule is CC#CCCC#CCCCCCCCCCCC(=O)O. The van der Waals surface area contributed by atoms with Gasteiger partial charge in [-0.15, -0.1) is 23.7 Å². The Morgan fingerprint density at radius 3 is 1.85 bits per heavy atom. The molecule has 2 heteroatoms. The number of hydrogen-bond donors (Lipinski definition) is 1. The van der Waals surface area contributed by atoms with Gasteiger partial charge in [0.2, 0.25) is 0 Å². The van der Waals surface area contributed by atoms with Crippen molar-refractivity contribution in [3.8, 4) is 23.7 Å². The van der Waals surface area contributed by atoms with E-state index in [4.69, 9.17) is 5.11 Å². The Morgan fingerprint density at radius 1 is 0.750 bits per heavy atom. The van der Waals surface area contributed by atoms with E-state index in [0.717, 1.165) is 32.1 Å². The molecule has 20 heavy (non-hydrogen) atoms. The van der Waals surface area contributed by atoms with Crippen LogP contribution >= 0.6 is 0 Å². The maximum absolute atomic E-state index is 10.3. The van der Waals surface area contributed by atoms with Crippen LogP contribution in [0, 0.1) is 23.7 Å². The van der Waals surface area contributed by atoms with Crippen molar-refractivity contribution in [2.45, 2.75) is 84.0 Å². The fraction of sp³-hybridized carbons (Fsp3) is 0.722. The number of aliphatic carboxylic acids is 1. The summed E-state index contributed by atoms with van der Waals surface area (Å²) in [5.41, 5.74) is 0. The van der Waals surface area contributed by atoms with Crippen LogP contribution in [-0.4, -0.2) is 11.1 Å². The molecule has 0 aliphatic carbocycles. The smallest absolute Gasteiger partial charge is 0.303 e. The zero-order chi connectivity index (χ0) is 14.9. The Morgan fingerprint density at radius 2 is 1.25 bits per heavy atom. The van der Waals surface area contributed by atoms with Gasteiger partial charge < -0.3 is 5.11 Å². The van der Waals surface area contributed by atoms with Crippen molar-refractivity contribution in [2.24, 2.45) is 0 Å². The molecule has 0 radical (unpaired) electrons. The second kappa shape index (κ2) is 15.6. The van der Waals surface area contributed by atoms with E-state index >= 15 is 0 Å². The van der Waals surface area contributed by atoms with E-state index in [9.17, 15) is 4.79 Å². The van der Waals surface area contributed by atoms with Crippen molar-refractivity contribution in [1.29, 1.82) is 0 Å². The monoisotopic (exact) mass is 276 g/mol. The highest BCUT2D eigenvalue weighted by molar-refractivity contribution is 5.66. The van der Waals surface area contributed by atoms with Crippen molar-refractivity contribution in [2.75, 3.05) is 0 Å². The van der Waals surface area contributed by atoms with Gasteiger partial charge in [-0.1, -0.05) is 38.5 Å². The Hall–Kier alpha value is -1.41. The Kier molecular flexibility index (Phi) is 14.5. The predicted octanol–water partition coefficient (Wildman–Crippen LogP) is 4.78. The lowest BCUT2D eigenvalue weighted by atomic mass is 10.1. The van der Waals surface area contributed by atoms with Crippen molar-refractivity contribution in [3.05, 3.63) is 0 Å². The lowest BCUT2D eigenvalue weighted by Crippen LogP contribution is -1.93. The van der Waals surface area contributed by atoms with Crippen LogP contribution in [0.1, 0.15) is 84.0 Å². The lowest BCUT2D eigenvalue weighted by Gasteiger charge is -2.00. The summed E-state index contributed by atoms with van der Waals surface area (Å²) in [5, 5.41) is 8.50. The van der Waals surface area contributed by atoms with Crippen LogP contribution in [0.2, 0.25) is 0 Å². The van der Waals surface area contributed by atoms with Crippen LogP contribution in [0.25, 0.3) is 0 Å². The summed E-state index contributed by atoms with van der Waals surface area (Å²) >= 11 is 0. The molecule has 0 aromatic heterocycles. The molecule has 0 saturated heterocycles. The van der Waals surface area contributed by atoms with E-state index in [2.05, 4.69) is 23.7 Å². The third kappa shape index (κ3) is 16.6. The fourth-order valence-electron chi connectivity index (χ4n) is 1.98. The second-order valence-electron chi connectivity index (χ2n) is 5.00. The van der Waals surface area contributed by atoms with Crippen LogP contribution in [0.15, 0.2) is 0 Å². The molecule has 0 fully saturated rings. The van der Waals surface area contributed by atoms with Gasteiger partial charge in [0.05, 0.1) is 0 Å². The normalized spacial score (nSPS) is 9.25. The van der Waals surface area contributed by atoms with Crippen LogP contribution in [-0.2, 0) is 4.79 Å². The van der Waals surface area contributed by atoms with E-state index in [-0.39, 0.29) is 0 Å². The molecular formula is C18H28O2. The highest BCUT2D eigenvalue weighted by Gasteiger charge is 1.96. The first-order valence-electron chi connectivity index (χ1n) is 7.84. The van der Waals surface area contributed by atoms with E-state index in [0.29, 0.717) is 6.42 Å². The molecule has 0 bridgehead atoms. The molecule has 0 aromatic carbocycles. The van der Waals surface area contributed by atoms with Gasteiger partial charge in [0, 0.05) is 25.7 Å². The minimum Gasteiger partial charge on any atom is -0.481 e. The van der Waals surface area contributed by atoms with Gasteiger partial charge in [0.15, 0.2) is 0 Å². The second-order valence-corrected chi connectivity index (χ2v) is 5.00. The third-order valence-electron chi connectivity index (χ3n) is 3.12. The molecule has 0 aromatic rings. The minimum atomic E-state index is -0.673. The minimum absolute atomic E-state index is 0.322. The topological polar surface area (TPSA) is 37.3 Å². The van der Waals surface area contributed by atoms with Crippen molar-refractivity contribution in [1.82, 2.24) is 0 Å². The van der Waals surface area contributed by atoms with Crippen LogP contribution in [0.3, 0.4) is 0 Å². The Balaban J connectivity index is 3.12. The first kappa shape index (κ1) is 18.6. The van der Waals surface area contributed by atoms with Crippen LogP contribution in [0.4, 0.5) is 0 Å². The van der Waals surface area contributed by atoms with Crippen molar-refractivity contribution < 1.29 is 9.90 Å². The van der Waals surface area contributed by atoms with E-state index in [1.807, 2.05) is 6.92 Å². The first-order chi connectivity index (χ1) is 9.77. The van der Waals surface area contributed by atoms with Gasteiger partial charge in [0.1, 0.15) is 0 Å². The summed E-state index contributed by atoms with van der Waals surface area (Å²) in [7, 11) is 0. The highest BCUT2D eigenvalue weighted by atomic mass is 16.4. The molecule has 0 amide bonds. The van der Waals surface area contributed by atoms with Crippen molar-refractivity contribution >= 4 is 5.97 Å². The fourth-order valence-corrected chi connectivity index (χ4v) is 1.98. The average Bonchev–Trinajstić information content (AvgIpc) is 2.43. The summed E-state index contributed by atoms with van der Waals surface area (Å²) < 4.78 is 0. The van der Waals surface area contributed by atoms with Gasteiger partial charge in [-0.2, -0.15) is 0 Å². The standard InChI is InChI=1S/C18H28O2/c1-2-3-4-5-6-7-8-9-10-11-12-13-14-15-16-17-18(19)20/h4-5,8-17H2,1H3,(H,19,20). The molecule has 0 rings (SSSR count). The molecule has 0 saturated carbocycles. The molecule has 0 spiro atoms. The lowest BCUT2D eigenvalue weighted by molar-refractivity contribution is -0.137. The Labute approximate surface area is 124 Å². The van der Waals surface area contributed by atoms with Gasteiger partial charge in [-0.25, -0.2) is 0 Å². The molecule has 0 aliphatic heterocycles. The quantitative estimate of drug-likeness (QED) is 0.435. The summed E-state index contributed by atoms with van der Waals surface area (Å²) in [6.45, 7) is 1.86. The van der Waals surface area contributed by atoms with E-state index < -0.39 is 5.97 Å².